The molecule has 0 aromatic carbocycles. The summed E-state index contributed by atoms with van der Waals surface area (Å²) in [4.78, 5) is 11.0. The van der Waals surface area contributed by atoms with Gasteiger partial charge in [0.15, 0.2) is 0 Å². The molecule has 2 heterocycles. The van der Waals surface area contributed by atoms with Gasteiger partial charge in [-0.05, 0) is 24.0 Å². The number of aromatic nitrogens is 1. The summed E-state index contributed by atoms with van der Waals surface area (Å²) in [5.74, 6) is -0.330. The van der Waals surface area contributed by atoms with Crippen LogP contribution in [-0.4, -0.2) is 10.5 Å². The van der Waals surface area contributed by atoms with Crippen LogP contribution in [0.5, 0.6) is 0 Å². The van der Waals surface area contributed by atoms with Crippen molar-refractivity contribution in [2.75, 3.05) is 0 Å². The van der Waals surface area contributed by atoms with Gasteiger partial charge in [0.2, 0.25) is 0 Å². The fraction of sp³-hybridized carbons (Fsp3) is 0.500. The minimum Gasteiger partial charge on any atom is -0.364 e. The van der Waals surface area contributed by atoms with Crippen molar-refractivity contribution in [3.63, 3.8) is 0 Å². The first-order valence-corrected chi connectivity index (χ1v) is 4.48. The Morgan fingerprint density at radius 2 is 2.23 bits per heavy atom. The maximum atomic E-state index is 11.0. The fourth-order valence-electron chi connectivity index (χ4n) is 2.04. The van der Waals surface area contributed by atoms with Gasteiger partial charge in [-0.15, -0.1) is 0 Å². The van der Waals surface area contributed by atoms with Crippen LogP contribution in [0.15, 0.2) is 12.1 Å². The van der Waals surface area contributed by atoms with E-state index in [1.54, 1.807) is 0 Å². The average molecular weight is 178 g/mol. The number of nitrogens with two attached hydrogens (primary N) is 1. The molecule has 2 rings (SSSR count). The molecule has 13 heavy (non-hydrogen) atoms. The molecule has 1 aromatic rings. The van der Waals surface area contributed by atoms with Crippen molar-refractivity contribution in [3.05, 3.63) is 23.5 Å². The molecule has 0 atom stereocenters. The molecule has 3 heteroatoms. The van der Waals surface area contributed by atoms with E-state index in [1.807, 2.05) is 16.7 Å². The number of rotatable bonds is 1. The topological polar surface area (TPSA) is 48.0 Å². The minimum absolute atomic E-state index is 0.265. The molecule has 3 nitrogen and oxygen atoms in total. The molecule has 0 unspecified atom stereocenters. The monoisotopic (exact) mass is 178 g/mol. The summed E-state index contributed by atoms with van der Waals surface area (Å²) in [5.41, 5.74) is 7.39. The number of primary amides is 1. The molecule has 0 bridgehead atoms. The van der Waals surface area contributed by atoms with E-state index in [4.69, 9.17) is 5.73 Å². The second-order valence-electron chi connectivity index (χ2n) is 4.50. The van der Waals surface area contributed by atoms with Gasteiger partial charge in [-0.1, -0.05) is 13.8 Å². The smallest absolute Gasteiger partial charge is 0.265 e. The third kappa shape index (κ3) is 1.24. The van der Waals surface area contributed by atoms with Gasteiger partial charge in [0, 0.05) is 12.2 Å². The number of fused-ring (bicyclic) bond motifs is 1. The lowest BCUT2D eigenvalue weighted by Crippen LogP contribution is -2.19. The van der Waals surface area contributed by atoms with Crippen LogP contribution in [0.2, 0.25) is 0 Å². The van der Waals surface area contributed by atoms with E-state index in [1.165, 1.54) is 5.69 Å². The van der Waals surface area contributed by atoms with Crippen LogP contribution in [0.25, 0.3) is 0 Å². The maximum absolute atomic E-state index is 11.0. The second kappa shape index (κ2) is 2.37. The molecular weight excluding hydrogens is 164 g/mol. The summed E-state index contributed by atoms with van der Waals surface area (Å²) in [6.07, 6.45) is 1.03. The number of hydrogen-bond donors (Lipinski definition) is 1. The maximum Gasteiger partial charge on any atom is 0.265 e. The van der Waals surface area contributed by atoms with E-state index >= 15 is 0 Å². The molecule has 0 saturated carbocycles. The third-order valence-corrected chi connectivity index (χ3v) is 2.57. The zero-order valence-corrected chi connectivity index (χ0v) is 8.00. The molecule has 0 fully saturated rings. The summed E-state index contributed by atoms with van der Waals surface area (Å²) < 4.78 is 2.03. The van der Waals surface area contributed by atoms with Gasteiger partial charge in [0.25, 0.3) is 5.91 Å². The lowest BCUT2D eigenvalue weighted by atomic mass is 9.91. The van der Waals surface area contributed by atoms with Gasteiger partial charge in [0.05, 0.1) is 0 Å². The van der Waals surface area contributed by atoms with Crippen LogP contribution in [0, 0.1) is 5.41 Å². The van der Waals surface area contributed by atoms with Crippen LogP contribution < -0.4 is 5.73 Å². The molecule has 0 radical (unpaired) electrons. The van der Waals surface area contributed by atoms with Gasteiger partial charge in [0.1, 0.15) is 5.69 Å². The first kappa shape index (κ1) is 8.35. The van der Waals surface area contributed by atoms with Crippen LogP contribution in [0.3, 0.4) is 0 Å². The Morgan fingerprint density at radius 1 is 1.54 bits per heavy atom. The normalized spacial score (nSPS) is 18.6. The quantitative estimate of drug-likeness (QED) is 0.689. The van der Waals surface area contributed by atoms with E-state index in [-0.39, 0.29) is 11.3 Å². The predicted molar refractivity (Wildman–Crippen MR) is 50.4 cm³/mol. The zero-order valence-electron chi connectivity index (χ0n) is 8.00. The summed E-state index contributed by atoms with van der Waals surface area (Å²) in [5, 5.41) is 0. The van der Waals surface area contributed by atoms with Gasteiger partial charge in [-0.3, -0.25) is 4.79 Å². The van der Waals surface area contributed by atoms with Gasteiger partial charge < -0.3 is 10.3 Å². The molecule has 0 aliphatic carbocycles. The highest BCUT2D eigenvalue weighted by Crippen LogP contribution is 2.32. The number of carbonyl (C=O) groups excluding carboxylic acids is 1. The van der Waals surface area contributed by atoms with Crippen molar-refractivity contribution in [2.24, 2.45) is 11.1 Å². The van der Waals surface area contributed by atoms with Crippen molar-refractivity contribution >= 4 is 5.91 Å². The number of carbonyl (C=O) groups is 1. The van der Waals surface area contributed by atoms with Crippen molar-refractivity contribution in [2.45, 2.75) is 26.8 Å². The van der Waals surface area contributed by atoms with E-state index in [0.29, 0.717) is 5.69 Å². The lowest BCUT2D eigenvalue weighted by molar-refractivity contribution is 0.0990. The summed E-state index contributed by atoms with van der Waals surface area (Å²) in [7, 11) is 0. The Morgan fingerprint density at radius 3 is 2.85 bits per heavy atom. The molecule has 1 aliphatic heterocycles. The summed E-state index contributed by atoms with van der Waals surface area (Å²) >= 11 is 0. The first-order chi connectivity index (χ1) is 5.99. The largest absolute Gasteiger partial charge is 0.364 e. The SMILES string of the molecule is CC1(C)Cc2ccc(C(N)=O)n2C1. The number of nitrogens with zero attached hydrogens (tertiary/aromatic N) is 1. The molecule has 1 amide bonds. The molecule has 1 aliphatic rings. The first-order valence-electron chi connectivity index (χ1n) is 4.48. The lowest BCUT2D eigenvalue weighted by Gasteiger charge is -2.15. The van der Waals surface area contributed by atoms with E-state index in [9.17, 15) is 4.79 Å². The van der Waals surface area contributed by atoms with Gasteiger partial charge in [-0.2, -0.15) is 0 Å². The highest BCUT2D eigenvalue weighted by molar-refractivity contribution is 5.91. The van der Waals surface area contributed by atoms with Crippen LogP contribution in [0.4, 0.5) is 0 Å². The van der Waals surface area contributed by atoms with Crippen molar-refractivity contribution < 1.29 is 4.79 Å². The summed E-state index contributed by atoms with van der Waals surface area (Å²) in [6.45, 7) is 5.29. The third-order valence-electron chi connectivity index (χ3n) is 2.57. The second-order valence-corrected chi connectivity index (χ2v) is 4.50. The Hall–Kier alpha value is -1.25. The molecule has 1 aromatic heterocycles. The number of amides is 1. The van der Waals surface area contributed by atoms with E-state index in [2.05, 4.69) is 13.8 Å². The highest BCUT2D eigenvalue weighted by atomic mass is 16.1. The van der Waals surface area contributed by atoms with Crippen LogP contribution in [0.1, 0.15) is 30.0 Å². The van der Waals surface area contributed by atoms with Crippen molar-refractivity contribution in [1.29, 1.82) is 0 Å². The summed E-state index contributed by atoms with van der Waals surface area (Å²) in [6, 6.07) is 3.81. The predicted octanol–water partition coefficient (Wildman–Crippen LogP) is 1.17. The number of hydrogen-bond acceptors (Lipinski definition) is 1. The highest BCUT2D eigenvalue weighted by Gasteiger charge is 2.30. The zero-order chi connectivity index (χ0) is 9.64. The Balaban J connectivity index is 2.43. The molecule has 70 valence electrons. The Bertz CT molecular complexity index is 363. The van der Waals surface area contributed by atoms with Crippen LogP contribution >= 0.6 is 0 Å². The van der Waals surface area contributed by atoms with Gasteiger partial charge >= 0.3 is 0 Å². The van der Waals surface area contributed by atoms with Crippen LogP contribution in [-0.2, 0) is 13.0 Å². The van der Waals surface area contributed by atoms with E-state index in [0.717, 1.165) is 13.0 Å². The van der Waals surface area contributed by atoms with Gasteiger partial charge in [-0.25, -0.2) is 0 Å². The molecule has 2 N–H and O–H groups in total. The molecular formula is C10H14N2O. The minimum atomic E-state index is -0.330. The molecule has 0 spiro atoms. The van der Waals surface area contributed by atoms with Crippen molar-refractivity contribution in [1.82, 2.24) is 4.57 Å². The Labute approximate surface area is 77.5 Å². The standard InChI is InChI=1S/C10H14N2O/c1-10(2)5-7-3-4-8(9(11)13)12(7)6-10/h3-4H,5-6H2,1-2H3,(H2,11,13). The molecule has 0 saturated heterocycles. The fourth-order valence-corrected chi connectivity index (χ4v) is 2.04. The van der Waals surface area contributed by atoms with Crippen molar-refractivity contribution in [3.8, 4) is 0 Å². The Kier molecular flexibility index (Phi) is 1.53. The van der Waals surface area contributed by atoms with E-state index < -0.39 is 0 Å². The average Bonchev–Trinajstić information content (AvgIpc) is 2.41.